The van der Waals surface area contributed by atoms with E-state index in [4.69, 9.17) is 4.74 Å². The molecule has 1 unspecified atom stereocenters. The summed E-state index contributed by atoms with van der Waals surface area (Å²) in [6.45, 7) is 4.04. The molecular formula is C14H19N3O4S. The molecule has 2 aliphatic heterocycles. The first kappa shape index (κ1) is 15.3. The first-order valence-corrected chi connectivity index (χ1v) is 8.68. The van der Waals surface area contributed by atoms with Crippen molar-refractivity contribution in [2.45, 2.75) is 11.8 Å². The summed E-state index contributed by atoms with van der Waals surface area (Å²) in [5, 5.41) is 1.73. The van der Waals surface area contributed by atoms with Crippen molar-refractivity contribution >= 4 is 21.6 Å². The molecule has 3 rings (SSSR count). The molecule has 1 N–H and O–H groups in total. The number of nitrogens with one attached hydrogen (secondary N) is 1. The Morgan fingerprint density at radius 2 is 1.82 bits per heavy atom. The van der Waals surface area contributed by atoms with Crippen LogP contribution in [0.5, 0.6) is 0 Å². The highest BCUT2D eigenvalue weighted by Crippen LogP contribution is 2.23. The van der Waals surface area contributed by atoms with E-state index in [0.717, 1.165) is 5.69 Å². The van der Waals surface area contributed by atoms with Crippen molar-refractivity contribution in [3.63, 3.8) is 0 Å². The average molecular weight is 325 g/mol. The second kappa shape index (κ2) is 5.86. The van der Waals surface area contributed by atoms with Gasteiger partial charge in [0.1, 0.15) is 0 Å². The van der Waals surface area contributed by atoms with E-state index >= 15 is 0 Å². The van der Waals surface area contributed by atoms with Crippen LogP contribution in [0.2, 0.25) is 0 Å². The molecule has 0 aromatic heterocycles. The summed E-state index contributed by atoms with van der Waals surface area (Å²) in [4.78, 5) is 11.8. The lowest BCUT2D eigenvalue weighted by Crippen LogP contribution is -2.40. The van der Waals surface area contributed by atoms with E-state index < -0.39 is 10.0 Å². The number of nitrogens with zero attached hydrogens (tertiary/aromatic N) is 2. The van der Waals surface area contributed by atoms with Gasteiger partial charge in [0.2, 0.25) is 15.9 Å². The molecule has 0 radical (unpaired) electrons. The Labute approximate surface area is 129 Å². The first-order valence-electron chi connectivity index (χ1n) is 7.24. The number of anilines is 1. The molecule has 2 fully saturated rings. The van der Waals surface area contributed by atoms with Crippen molar-refractivity contribution in [2.75, 3.05) is 37.9 Å². The largest absolute Gasteiger partial charge is 0.379 e. The van der Waals surface area contributed by atoms with E-state index in [1.807, 2.05) is 6.92 Å². The summed E-state index contributed by atoms with van der Waals surface area (Å²) in [6, 6.07) is 6.59. The molecule has 2 heterocycles. The van der Waals surface area contributed by atoms with E-state index in [2.05, 4.69) is 5.43 Å². The van der Waals surface area contributed by atoms with Gasteiger partial charge < -0.3 is 4.74 Å². The van der Waals surface area contributed by atoms with Crippen LogP contribution in [0.1, 0.15) is 6.92 Å². The third-order valence-corrected chi connectivity index (χ3v) is 5.82. The van der Waals surface area contributed by atoms with Crippen LogP contribution in [-0.2, 0) is 19.6 Å². The van der Waals surface area contributed by atoms with Crippen molar-refractivity contribution in [2.24, 2.45) is 5.92 Å². The maximum absolute atomic E-state index is 12.5. The zero-order chi connectivity index (χ0) is 15.7. The van der Waals surface area contributed by atoms with E-state index in [1.165, 1.54) is 4.31 Å². The Balaban J connectivity index is 1.78. The summed E-state index contributed by atoms with van der Waals surface area (Å²) in [5.74, 6) is -0.0956. The lowest BCUT2D eigenvalue weighted by atomic mass is 10.2. The number of rotatable bonds is 3. The van der Waals surface area contributed by atoms with Crippen molar-refractivity contribution in [1.82, 2.24) is 9.73 Å². The molecule has 0 aliphatic carbocycles. The van der Waals surface area contributed by atoms with Gasteiger partial charge in [-0.15, -0.1) is 0 Å². The number of hydrogen-bond acceptors (Lipinski definition) is 5. The molecule has 1 aromatic rings. The van der Waals surface area contributed by atoms with Crippen LogP contribution in [0.25, 0.3) is 0 Å². The predicted molar refractivity (Wildman–Crippen MR) is 80.7 cm³/mol. The summed E-state index contributed by atoms with van der Waals surface area (Å²) in [7, 11) is -3.48. The van der Waals surface area contributed by atoms with Crippen LogP contribution >= 0.6 is 0 Å². The van der Waals surface area contributed by atoms with E-state index in [-0.39, 0.29) is 16.7 Å². The van der Waals surface area contributed by atoms with Gasteiger partial charge in [-0.3, -0.25) is 15.2 Å². The Hall–Kier alpha value is -1.64. The molecule has 22 heavy (non-hydrogen) atoms. The van der Waals surface area contributed by atoms with Gasteiger partial charge in [0.25, 0.3) is 0 Å². The summed E-state index contributed by atoms with van der Waals surface area (Å²) < 4.78 is 31.6. The molecule has 120 valence electrons. The minimum atomic E-state index is -3.48. The fourth-order valence-electron chi connectivity index (χ4n) is 2.55. The molecule has 0 saturated carbocycles. The number of ether oxygens (including phenoxy) is 1. The van der Waals surface area contributed by atoms with Crippen LogP contribution < -0.4 is 10.4 Å². The van der Waals surface area contributed by atoms with Gasteiger partial charge in [-0.25, -0.2) is 8.42 Å². The average Bonchev–Trinajstić information content (AvgIpc) is 2.88. The first-order chi connectivity index (χ1) is 10.5. The fourth-order valence-corrected chi connectivity index (χ4v) is 3.96. The zero-order valence-corrected chi connectivity index (χ0v) is 13.2. The third-order valence-electron chi connectivity index (χ3n) is 3.91. The lowest BCUT2D eigenvalue weighted by molar-refractivity contribution is -0.121. The number of morpholine rings is 1. The van der Waals surface area contributed by atoms with E-state index in [1.54, 1.807) is 29.3 Å². The van der Waals surface area contributed by atoms with Gasteiger partial charge in [-0.05, 0) is 24.3 Å². The standard InChI is InChI=1S/C14H19N3O4S/c1-11-10-17(15-14(11)18)12-2-4-13(5-3-12)22(19,20)16-6-8-21-9-7-16/h2-5,11H,6-10H2,1H3,(H,15,18). The third kappa shape index (κ3) is 2.81. The number of carbonyl (C=O) groups is 1. The fraction of sp³-hybridized carbons (Fsp3) is 0.500. The maximum Gasteiger partial charge on any atom is 0.243 e. The molecule has 1 amide bonds. The second-order valence-electron chi connectivity index (χ2n) is 5.50. The lowest BCUT2D eigenvalue weighted by Gasteiger charge is -2.26. The highest BCUT2D eigenvalue weighted by Gasteiger charge is 2.28. The van der Waals surface area contributed by atoms with Gasteiger partial charge in [0.05, 0.1) is 36.3 Å². The Kier molecular flexibility index (Phi) is 4.07. The smallest absolute Gasteiger partial charge is 0.243 e. The quantitative estimate of drug-likeness (QED) is 0.858. The van der Waals surface area contributed by atoms with Crippen molar-refractivity contribution in [3.05, 3.63) is 24.3 Å². The highest BCUT2D eigenvalue weighted by molar-refractivity contribution is 7.89. The topological polar surface area (TPSA) is 79.0 Å². The van der Waals surface area contributed by atoms with Crippen LogP contribution in [0.15, 0.2) is 29.2 Å². The summed E-state index contributed by atoms with van der Waals surface area (Å²) in [6.07, 6.45) is 0. The van der Waals surface area contributed by atoms with Crippen LogP contribution in [-0.4, -0.2) is 51.5 Å². The SMILES string of the molecule is CC1CN(c2ccc(S(=O)(=O)N3CCOCC3)cc2)NC1=O. The molecule has 7 nitrogen and oxygen atoms in total. The highest BCUT2D eigenvalue weighted by atomic mass is 32.2. The minimum Gasteiger partial charge on any atom is -0.379 e. The molecule has 1 atom stereocenters. The number of sulfonamides is 1. The van der Waals surface area contributed by atoms with E-state index in [9.17, 15) is 13.2 Å². The summed E-state index contributed by atoms with van der Waals surface area (Å²) in [5.41, 5.74) is 3.54. The minimum absolute atomic E-state index is 0.0231. The molecule has 0 spiro atoms. The predicted octanol–water partition coefficient (Wildman–Crippen LogP) is 0.195. The Morgan fingerprint density at radius 1 is 1.18 bits per heavy atom. The normalized spacial score (nSPS) is 23.6. The molecule has 2 saturated heterocycles. The van der Waals surface area contributed by atoms with Crippen LogP contribution in [0.4, 0.5) is 5.69 Å². The summed E-state index contributed by atoms with van der Waals surface area (Å²) >= 11 is 0. The van der Waals surface area contributed by atoms with Gasteiger partial charge >= 0.3 is 0 Å². The Morgan fingerprint density at radius 3 is 2.36 bits per heavy atom. The monoisotopic (exact) mass is 325 g/mol. The molecule has 1 aromatic carbocycles. The van der Waals surface area contributed by atoms with Gasteiger partial charge in [-0.2, -0.15) is 4.31 Å². The maximum atomic E-state index is 12.5. The number of carbonyl (C=O) groups excluding carboxylic acids is 1. The zero-order valence-electron chi connectivity index (χ0n) is 12.4. The Bertz CT molecular complexity index is 653. The van der Waals surface area contributed by atoms with Crippen LogP contribution in [0, 0.1) is 5.92 Å². The van der Waals surface area contributed by atoms with Crippen molar-refractivity contribution < 1.29 is 17.9 Å². The van der Waals surface area contributed by atoms with Crippen LogP contribution in [0.3, 0.4) is 0 Å². The molecular weight excluding hydrogens is 306 g/mol. The number of amides is 1. The number of hydrogen-bond donors (Lipinski definition) is 1. The molecule has 8 heteroatoms. The van der Waals surface area contributed by atoms with Gasteiger partial charge in [-0.1, -0.05) is 6.92 Å². The van der Waals surface area contributed by atoms with Crippen molar-refractivity contribution in [1.29, 1.82) is 0 Å². The van der Waals surface area contributed by atoms with Gasteiger partial charge in [0, 0.05) is 13.1 Å². The van der Waals surface area contributed by atoms with E-state index in [0.29, 0.717) is 32.8 Å². The second-order valence-corrected chi connectivity index (χ2v) is 7.44. The molecule has 2 aliphatic rings. The number of hydrazine groups is 1. The van der Waals surface area contributed by atoms with Gasteiger partial charge in [0.15, 0.2) is 0 Å². The number of benzene rings is 1. The van der Waals surface area contributed by atoms with Crippen molar-refractivity contribution in [3.8, 4) is 0 Å². The molecule has 0 bridgehead atoms.